The van der Waals surface area contributed by atoms with E-state index in [1.807, 2.05) is 0 Å². The van der Waals surface area contributed by atoms with Crippen LogP contribution in [-0.4, -0.2) is 15.4 Å². The first-order valence-electron chi connectivity index (χ1n) is 6.38. The molecule has 92 valence electrons. The molecule has 1 fully saturated rings. The number of aryl methyl sites for hydroxylation is 1. The zero-order valence-electron chi connectivity index (χ0n) is 10.4. The number of thiazole rings is 1. The van der Waals surface area contributed by atoms with Crippen molar-refractivity contribution in [1.29, 1.82) is 0 Å². The molecule has 0 saturated heterocycles. The van der Waals surface area contributed by atoms with Crippen molar-refractivity contribution in [2.24, 2.45) is 5.92 Å². The van der Waals surface area contributed by atoms with Gasteiger partial charge < -0.3 is 5.32 Å². The van der Waals surface area contributed by atoms with E-state index in [9.17, 15) is 0 Å². The highest BCUT2D eigenvalue weighted by Gasteiger charge is 2.21. The lowest BCUT2D eigenvalue weighted by atomic mass is 10.1. The monoisotopic (exact) mass is 249 g/mol. The first-order valence-corrected chi connectivity index (χ1v) is 7.26. The van der Waals surface area contributed by atoms with Gasteiger partial charge in [0.05, 0.1) is 11.4 Å². The molecule has 1 saturated carbocycles. The smallest absolute Gasteiger partial charge is 0.194 e. The van der Waals surface area contributed by atoms with Crippen molar-refractivity contribution in [3.05, 3.63) is 23.0 Å². The largest absolute Gasteiger partial charge is 0.308 e. The van der Waals surface area contributed by atoms with Crippen LogP contribution in [0, 0.1) is 12.8 Å². The SMILES string of the molecule is Cc1nc2sccn2c1CNC1CCC(C)C1. The van der Waals surface area contributed by atoms with E-state index in [4.69, 9.17) is 0 Å². The van der Waals surface area contributed by atoms with E-state index in [1.165, 1.54) is 25.0 Å². The maximum Gasteiger partial charge on any atom is 0.194 e. The van der Waals surface area contributed by atoms with Crippen molar-refractivity contribution in [1.82, 2.24) is 14.7 Å². The number of nitrogens with zero attached hydrogens (tertiary/aromatic N) is 2. The van der Waals surface area contributed by atoms with E-state index in [-0.39, 0.29) is 0 Å². The fraction of sp³-hybridized carbons (Fsp3) is 0.615. The summed E-state index contributed by atoms with van der Waals surface area (Å²) in [6.07, 6.45) is 6.14. The number of hydrogen-bond acceptors (Lipinski definition) is 3. The van der Waals surface area contributed by atoms with Crippen LogP contribution in [0.2, 0.25) is 0 Å². The molecule has 17 heavy (non-hydrogen) atoms. The van der Waals surface area contributed by atoms with Crippen molar-refractivity contribution in [2.75, 3.05) is 0 Å². The number of aromatic nitrogens is 2. The fourth-order valence-electron chi connectivity index (χ4n) is 2.79. The first-order chi connectivity index (χ1) is 8.24. The van der Waals surface area contributed by atoms with Gasteiger partial charge in [0.15, 0.2) is 4.96 Å². The van der Waals surface area contributed by atoms with Crippen molar-refractivity contribution < 1.29 is 0 Å². The van der Waals surface area contributed by atoms with Crippen molar-refractivity contribution in [2.45, 2.75) is 45.7 Å². The Morgan fingerprint density at radius 3 is 3.18 bits per heavy atom. The molecule has 3 nitrogen and oxygen atoms in total. The van der Waals surface area contributed by atoms with Gasteiger partial charge in [0, 0.05) is 24.2 Å². The lowest BCUT2D eigenvalue weighted by Gasteiger charge is -2.12. The molecule has 2 unspecified atom stereocenters. The molecular weight excluding hydrogens is 230 g/mol. The van der Waals surface area contributed by atoms with E-state index in [0.29, 0.717) is 6.04 Å². The molecule has 1 N–H and O–H groups in total. The van der Waals surface area contributed by atoms with Crippen LogP contribution in [0.3, 0.4) is 0 Å². The molecule has 0 aromatic carbocycles. The molecule has 0 bridgehead atoms. The molecular formula is C13H19N3S. The average molecular weight is 249 g/mol. The van der Waals surface area contributed by atoms with E-state index in [1.54, 1.807) is 11.3 Å². The lowest BCUT2D eigenvalue weighted by Crippen LogP contribution is -2.26. The predicted octanol–water partition coefficient (Wildman–Crippen LogP) is 2.98. The quantitative estimate of drug-likeness (QED) is 0.906. The molecule has 1 aliphatic carbocycles. The second-order valence-corrected chi connectivity index (χ2v) is 6.07. The van der Waals surface area contributed by atoms with Crippen LogP contribution in [0.5, 0.6) is 0 Å². The molecule has 2 heterocycles. The molecule has 2 atom stereocenters. The third kappa shape index (κ3) is 2.11. The van der Waals surface area contributed by atoms with Crippen molar-refractivity contribution in [3.8, 4) is 0 Å². The summed E-state index contributed by atoms with van der Waals surface area (Å²) < 4.78 is 2.21. The van der Waals surface area contributed by atoms with Gasteiger partial charge in [-0.15, -0.1) is 11.3 Å². The first kappa shape index (κ1) is 11.2. The standard InChI is InChI=1S/C13H19N3S/c1-9-3-4-11(7-9)14-8-12-10(2)15-13-16(12)5-6-17-13/h5-6,9,11,14H,3-4,7-8H2,1-2H3. The maximum absolute atomic E-state index is 4.57. The number of nitrogens with one attached hydrogen (secondary N) is 1. The van der Waals surface area contributed by atoms with Gasteiger partial charge in [-0.2, -0.15) is 0 Å². The Kier molecular flexibility index (Phi) is 2.92. The van der Waals surface area contributed by atoms with Crippen LogP contribution in [0.1, 0.15) is 37.6 Å². The Hall–Kier alpha value is -0.870. The van der Waals surface area contributed by atoms with E-state index >= 15 is 0 Å². The molecule has 0 radical (unpaired) electrons. The summed E-state index contributed by atoms with van der Waals surface area (Å²) >= 11 is 1.70. The predicted molar refractivity (Wildman–Crippen MR) is 71.4 cm³/mol. The minimum absolute atomic E-state index is 0.702. The van der Waals surface area contributed by atoms with Crippen LogP contribution in [0.4, 0.5) is 0 Å². The normalized spacial score (nSPS) is 24.8. The van der Waals surface area contributed by atoms with Crippen LogP contribution in [-0.2, 0) is 6.54 Å². The summed E-state index contributed by atoms with van der Waals surface area (Å²) in [5.41, 5.74) is 2.48. The van der Waals surface area contributed by atoms with Crippen LogP contribution < -0.4 is 5.32 Å². The minimum Gasteiger partial charge on any atom is -0.308 e. The van der Waals surface area contributed by atoms with Gasteiger partial charge in [0.25, 0.3) is 0 Å². The zero-order valence-corrected chi connectivity index (χ0v) is 11.3. The van der Waals surface area contributed by atoms with Gasteiger partial charge in [-0.25, -0.2) is 4.98 Å². The molecule has 0 amide bonds. The van der Waals surface area contributed by atoms with Gasteiger partial charge >= 0.3 is 0 Å². The van der Waals surface area contributed by atoms with Gasteiger partial charge in [0.2, 0.25) is 0 Å². The Labute approximate surface area is 106 Å². The second kappa shape index (κ2) is 4.42. The number of fused-ring (bicyclic) bond motifs is 1. The maximum atomic E-state index is 4.57. The minimum atomic E-state index is 0.702. The summed E-state index contributed by atoms with van der Waals surface area (Å²) in [6, 6.07) is 0.702. The second-order valence-electron chi connectivity index (χ2n) is 5.20. The van der Waals surface area contributed by atoms with Crippen molar-refractivity contribution in [3.63, 3.8) is 0 Å². The summed E-state index contributed by atoms with van der Waals surface area (Å²) in [5.74, 6) is 0.889. The highest BCUT2D eigenvalue weighted by atomic mass is 32.1. The van der Waals surface area contributed by atoms with E-state index < -0.39 is 0 Å². The Balaban J connectivity index is 1.72. The Bertz CT molecular complexity index is 514. The highest BCUT2D eigenvalue weighted by Crippen LogP contribution is 2.25. The molecule has 1 aliphatic rings. The van der Waals surface area contributed by atoms with Crippen LogP contribution in [0.15, 0.2) is 11.6 Å². The molecule has 3 rings (SSSR count). The molecule has 0 spiro atoms. The molecule has 2 aromatic heterocycles. The number of imidazole rings is 1. The van der Waals surface area contributed by atoms with Gasteiger partial charge in [-0.1, -0.05) is 6.92 Å². The summed E-state index contributed by atoms with van der Waals surface area (Å²) in [7, 11) is 0. The van der Waals surface area contributed by atoms with E-state index in [0.717, 1.165) is 23.1 Å². The third-order valence-corrected chi connectivity index (χ3v) is 4.57. The summed E-state index contributed by atoms with van der Waals surface area (Å²) in [5, 5.41) is 5.78. The van der Waals surface area contributed by atoms with Gasteiger partial charge in [-0.05, 0) is 32.1 Å². The summed E-state index contributed by atoms with van der Waals surface area (Å²) in [6.45, 7) is 5.40. The number of rotatable bonds is 3. The highest BCUT2D eigenvalue weighted by molar-refractivity contribution is 7.15. The zero-order chi connectivity index (χ0) is 11.8. The Morgan fingerprint density at radius 2 is 2.41 bits per heavy atom. The third-order valence-electron chi connectivity index (χ3n) is 3.81. The van der Waals surface area contributed by atoms with Gasteiger partial charge in [-0.3, -0.25) is 4.40 Å². The van der Waals surface area contributed by atoms with E-state index in [2.05, 4.69) is 40.1 Å². The summed E-state index contributed by atoms with van der Waals surface area (Å²) in [4.78, 5) is 5.69. The lowest BCUT2D eigenvalue weighted by molar-refractivity contribution is 0.497. The topological polar surface area (TPSA) is 29.3 Å². The number of hydrogen-bond donors (Lipinski definition) is 1. The molecule has 2 aromatic rings. The molecule has 0 aliphatic heterocycles. The van der Waals surface area contributed by atoms with Gasteiger partial charge in [0.1, 0.15) is 0 Å². The molecule has 4 heteroatoms. The van der Waals surface area contributed by atoms with Crippen LogP contribution >= 0.6 is 11.3 Å². The fourth-order valence-corrected chi connectivity index (χ4v) is 3.57. The van der Waals surface area contributed by atoms with Crippen LogP contribution in [0.25, 0.3) is 4.96 Å². The Morgan fingerprint density at radius 1 is 1.53 bits per heavy atom. The van der Waals surface area contributed by atoms with Crippen molar-refractivity contribution >= 4 is 16.3 Å². The average Bonchev–Trinajstić information content (AvgIpc) is 2.93.